The Labute approximate surface area is 207 Å². The van der Waals surface area contributed by atoms with Crippen LogP contribution in [0.15, 0.2) is 41.3 Å². The summed E-state index contributed by atoms with van der Waals surface area (Å²) in [6, 6.07) is 7.23. The van der Waals surface area contributed by atoms with E-state index in [1.807, 2.05) is 0 Å². The summed E-state index contributed by atoms with van der Waals surface area (Å²) in [7, 11) is -7.84. The maximum Gasteiger partial charge on any atom is 0.189 e. The van der Waals surface area contributed by atoms with Crippen molar-refractivity contribution in [3.8, 4) is 5.75 Å². The van der Waals surface area contributed by atoms with Crippen molar-refractivity contribution >= 4 is 31.3 Å². The van der Waals surface area contributed by atoms with Gasteiger partial charge in [0.2, 0.25) is 0 Å². The van der Waals surface area contributed by atoms with E-state index in [2.05, 4.69) is 0 Å². The molecule has 0 amide bonds. The van der Waals surface area contributed by atoms with Crippen LogP contribution in [0.25, 0.3) is 0 Å². The summed E-state index contributed by atoms with van der Waals surface area (Å²) in [6.45, 7) is -0.131. The topological polar surface area (TPSA) is 96.0 Å². The summed E-state index contributed by atoms with van der Waals surface area (Å²) in [5.74, 6) is -3.46. The van der Waals surface area contributed by atoms with Crippen molar-refractivity contribution in [3.05, 3.63) is 58.6 Å². The Kier molecular flexibility index (Phi) is 6.36. The van der Waals surface area contributed by atoms with Gasteiger partial charge < -0.3 is 14.2 Å². The third-order valence-corrected chi connectivity index (χ3v) is 12.1. The van der Waals surface area contributed by atoms with Crippen molar-refractivity contribution in [1.82, 2.24) is 0 Å². The minimum Gasteiger partial charge on any atom is -0.490 e. The van der Waals surface area contributed by atoms with Crippen LogP contribution in [0.5, 0.6) is 5.75 Å². The molecule has 190 valence electrons. The van der Waals surface area contributed by atoms with E-state index < -0.39 is 59.1 Å². The summed E-state index contributed by atoms with van der Waals surface area (Å²) < 4.78 is 98.3. The minimum atomic E-state index is -4.34. The molecule has 3 unspecified atom stereocenters. The highest BCUT2D eigenvalue weighted by Crippen LogP contribution is 2.56. The van der Waals surface area contributed by atoms with E-state index >= 15 is 4.39 Å². The monoisotopic (exact) mass is 548 g/mol. The molecule has 3 atom stereocenters. The first-order valence-corrected chi connectivity index (χ1v) is 14.7. The molecule has 2 saturated heterocycles. The molecule has 2 fully saturated rings. The van der Waals surface area contributed by atoms with Crippen molar-refractivity contribution in [1.29, 1.82) is 0 Å². The molecule has 12 heteroatoms. The van der Waals surface area contributed by atoms with E-state index in [4.69, 9.17) is 25.8 Å². The molecule has 0 aromatic heterocycles. The molecule has 3 aliphatic heterocycles. The standard InChI is InChI=1S/C23H23ClF2O7S2/c24-14-1-3-15(4-2-14)35(29,30)23-8-9-32-20(7-10-34(27,28)16-11-31-12-16)17(23)13-33-22-19(26)6-5-18(25)21(22)23/h1-6,16-17,20H,7-13H2. The number of hydrogen-bond acceptors (Lipinski definition) is 7. The Hall–Kier alpha value is -1.79. The second-order valence-electron chi connectivity index (χ2n) is 8.97. The lowest BCUT2D eigenvalue weighted by atomic mass is 9.75. The zero-order valence-corrected chi connectivity index (χ0v) is 20.8. The molecular formula is C23H23ClF2O7S2. The zero-order valence-electron chi connectivity index (χ0n) is 18.5. The number of ether oxygens (including phenoxy) is 3. The van der Waals surface area contributed by atoms with Gasteiger partial charge >= 0.3 is 0 Å². The highest BCUT2D eigenvalue weighted by atomic mass is 35.5. The number of hydrogen-bond donors (Lipinski definition) is 0. The van der Waals surface area contributed by atoms with E-state index in [1.165, 1.54) is 24.3 Å². The van der Waals surface area contributed by atoms with Gasteiger partial charge in [0, 0.05) is 17.5 Å². The molecule has 5 rings (SSSR count). The highest BCUT2D eigenvalue weighted by Gasteiger charge is 2.61. The van der Waals surface area contributed by atoms with Gasteiger partial charge in [0.25, 0.3) is 0 Å². The number of rotatable bonds is 6. The van der Waals surface area contributed by atoms with Crippen molar-refractivity contribution < 1.29 is 39.8 Å². The molecule has 0 bridgehead atoms. The predicted octanol–water partition coefficient (Wildman–Crippen LogP) is 3.29. The Morgan fingerprint density at radius 3 is 2.31 bits per heavy atom. The predicted molar refractivity (Wildman–Crippen MR) is 123 cm³/mol. The van der Waals surface area contributed by atoms with Crippen LogP contribution in [0.1, 0.15) is 18.4 Å². The van der Waals surface area contributed by atoms with Gasteiger partial charge in [0.05, 0.1) is 42.1 Å². The van der Waals surface area contributed by atoms with E-state index in [0.29, 0.717) is 5.02 Å². The molecule has 3 aliphatic rings. The first kappa shape index (κ1) is 24.9. The Morgan fingerprint density at radius 1 is 0.971 bits per heavy atom. The summed E-state index contributed by atoms with van der Waals surface area (Å²) in [4.78, 5) is -0.108. The lowest BCUT2D eigenvalue weighted by Gasteiger charge is -2.50. The molecule has 0 radical (unpaired) electrons. The average Bonchev–Trinajstić information content (AvgIpc) is 2.78. The van der Waals surface area contributed by atoms with Gasteiger partial charge in [-0.05, 0) is 49.2 Å². The Morgan fingerprint density at radius 2 is 1.66 bits per heavy atom. The first-order chi connectivity index (χ1) is 16.6. The number of halogens is 3. The fourth-order valence-corrected chi connectivity index (χ4v) is 9.17. The van der Waals surface area contributed by atoms with Gasteiger partial charge in [0.1, 0.15) is 15.8 Å². The molecule has 7 nitrogen and oxygen atoms in total. The van der Waals surface area contributed by atoms with Crippen LogP contribution in [0.2, 0.25) is 5.02 Å². The molecule has 3 heterocycles. The lowest BCUT2D eigenvalue weighted by molar-refractivity contribution is -0.0733. The number of benzene rings is 2. The Balaban J connectivity index is 1.62. The first-order valence-electron chi connectivity index (χ1n) is 11.1. The van der Waals surface area contributed by atoms with Crippen molar-refractivity contribution in [2.45, 2.75) is 33.8 Å². The van der Waals surface area contributed by atoms with E-state index in [-0.39, 0.29) is 55.5 Å². The highest BCUT2D eigenvalue weighted by molar-refractivity contribution is 7.92. The Bertz CT molecular complexity index is 1340. The fraction of sp³-hybridized carbons (Fsp3) is 0.478. The molecule has 35 heavy (non-hydrogen) atoms. The smallest absolute Gasteiger partial charge is 0.189 e. The van der Waals surface area contributed by atoms with Gasteiger partial charge in [-0.1, -0.05) is 11.6 Å². The van der Waals surface area contributed by atoms with Crippen molar-refractivity contribution in [3.63, 3.8) is 0 Å². The van der Waals surface area contributed by atoms with Gasteiger partial charge in [0.15, 0.2) is 31.2 Å². The normalized spacial score (nSPS) is 26.8. The maximum atomic E-state index is 15.4. The minimum absolute atomic E-state index is 0.0168. The average molecular weight is 549 g/mol. The largest absolute Gasteiger partial charge is 0.490 e. The fourth-order valence-electron chi connectivity index (χ4n) is 5.20. The van der Waals surface area contributed by atoms with Crippen molar-refractivity contribution in [2.24, 2.45) is 5.92 Å². The van der Waals surface area contributed by atoms with E-state index in [1.54, 1.807) is 0 Å². The van der Waals surface area contributed by atoms with E-state index in [9.17, 15) is 21.2 Å². The quantitative estimate of drug-likeness (QED) is 0.546. The van der Waals surface area contributed by atoms with Gasteiger partial charge in [-0.25, -0.2) is 25.6 Å². The zero-order chi connectivity index (χ0) is 25.0. The third-order valence-electron chi connectivity index (χ3n) is 7.15. The third kappa shape index (κ3) is 3.96. The summed E-state index contributed by atoms with van der Waals surface area (Å²) in [5, 5.41) is -0.291. The van der Waals surface area contributed by atoms with Crippen LogP contribution in [0, 0.1) is 17.6 Å². The van der Waals surface area contributed by atoms with Crippen LogP contribution in [0.3, 0.4) is 0 Å². The van der Waals surface area contributed by atoms with Crippen LogP contribution in [-0.2, 0) is 33.9 Å². The maximum absolute atomic E-state index is 15.4. The molecule has 0 saturated carbocycles. The molecule has 2 aromatic rings. The number of fused-ring (bicyclic) bond motifs is 3. The van der Waals surface area contributed by atoms with Gasteiger partial charge in [-0.3, -0.25) is 0 Å². The van der Waals surface area contributed by atoms with Crippen LogP contribution in [-0.4, -0.2) is 60.4 Å². The SMILES string of the molecule is O=S(=O)(CCC1OCCC2(S(=O)(=O)c3ccc(Cl)cc3)c3c(F)ccc(F)c3OCC12)C1COC1. The van der Waals surface area contributed by atoms with Gasteiger partial charge in [-0.2, -0.15) is 0 Å². The summed E-state index contributed by atoms with van der Waals surface area (Å²) in [5.41, 5.74) is -0.382. The second kappa shape index (κ2) is 8.95. The van der Waals surface area contributed by atoms with E-state index in [0.717, 1.165) is 12.1 Å². The molecule has 0 aliphatic carbocycles. The van der Waals surface area contributed by atoms with Gasteiger partial charge in [-0.15, -0.1) is 0 Å². The molecule has 0 N–H and O–H groups in total. The second-order valence-corrected chi connectivity index (χ2v) is 14.0. The summed E-state index contributed by atoms with van der Waals surface area (Å²) >= 11 is 5.95. The number of sulfone groups is 2. The molecule has 2 aromatic carbocycles. The molecule has 0 spiro atoms. The van der Waals surface area contributed by atoms with Crippen LogP contribution in [0.4, 0.5) is 8.78 Å². The lowest BCUT2D eigenvalue weighted by Crippen LogP contribution is -2.58. The van der Waals surface area contributed by atoms with Crippen molar-refractivity contribution in [2.75, 3.05) is 32.2 Å². The molecular weight excluding hydrogens is 526 g/mol. The van der Waals surface area contributed by atoms with Crippen LogP contribution >= 0.6 is 11.6 Å². The van der Waals surface area contributed by atoms with Crippen LogP contribution < -0.4 is 4.74 Å². The summed E-state index contributed by atoms with van der Waals surface area (Å²) in [6.07, 6.45) is -1.05.